The molecule has 0 radical (unpaired) electrons. The van der Waals surface area contributed by atoms with Crippen molar-refractivity contribution in [2.75, 3.05) is 0 Å². The van der Waals surface area contributed by atoms with Crippen LogP contribution in [0.15, 0.2) is 122 Å². The summed E-state index contributed by atoms with van der Waals surface area (Å²) in [5, 5.41) is 8.04. The Morgan fingerprint density at radius 2 is 0.891 bits per heavy atom. The largest absolute Gasteiger partial charge is 0.263 e. The van der Waals surface area contributed by atoms with Crippen LogP contribution in [0.1, 0.15) is 0 Å². The van der Waals surface area contributed by atoms with Gasteiger partial charge in [-0.3, -0.25) is 4.98 Å². The average Bonchev–Trinajstić information content (AvgIpc) is 3.64. The van der Waals surface area contributed by atoms with Crippen LogP contribution in [0.25, 0.3) is 89.0 Å². The van der Waals surface area contributed by atoms with Gasteiger partial charge in [0.05, 0.1) is 0 Å². The Morgan fingerprint density at radius 1 is 0.391 bits per heavy atom. The molecule has 0 atom stereocenters. The SMILES string of the molecule is c1ccc2c(c1)ccc1c(-c3nc(-n4c5ncccc5c5cccnc54)nc(-n4c5ncccc5c5cccnc54)n3)cncc12. The summed E-state index contributed by atoms with van der Waals surface area (Å²) in [5.41, 5.74) is 3.55. The van der Waals surface area contributed by atoms with E-state index in [9.17, 15) is 0 Å². The smallest absolute Gasteiger partial charge is 0.242 e. The standard InChI is InChI=1S/C36H20N10/c1-2-8-22-21(7-1)13-14-23-28(22)19-37-20-29(23)30-42-35(45-31-24(9-3-15-38-31)25-10-4-16-39-32(25)45)44-36(43-30)46-33-26(11-5-17-40-33)27-12-6-18-41-34(27)46/h1-20H. The van der Waals surface area contributed by atoms with Crippen LogP contribution in [-0.4, -0.2) is 49.0 Å². The van der Waals surface area contributed by atoms with Gasteiger partial charge in [0.2, 0.25) is 11.9 Å². The molecule has 8 aromatic heterocycles. The maximum absolute atomic E-state index is 5.11. The normalized spacial score (nSPS) is 11.9. The van der Waals surface area contributed by atoms with E-state index in [0.29, 0.717) is 40.3 Å². The summed E-state index contributed by atoms with van der Waals surface area (Å²) in [6.45, 7) is 0. The minimum Gasteiger partial charge on any atom is -0.263 e. The number of fused-ring (bicyclic) bond motifs is 9. The monoisotopic (exact) mass is 592 g/mol. The minimum atomic E-state index is 0.372. The first-order valence-electron chi connectivity index (χ1n) is 14.8. The predicted octanol–water partition coefficient (Wildman–Crippen LogP) is 7.01. The van der Waals surface area contributed by atoms with E-state index in [-0.39, 0.29) is 0 Å². The number of hydrogen-bond donors (Lipinski definition) is 0. The van der Waals surface area contributed by atoms with Gasteiger partial charge in [-0.2, -0.15) is 15.0 Å². The maximum Gasteiger partial charge on any atom is 0.242 e. The average molecular weight is 593 g/mol. The topological polar surface area (TPSA) is 113 Å². The van der Waals surface area contributed by atoms with Crippen molar-refractivity contribution in [2.45, 2.75) is 0 Å². The van der Waals surface area contributed by atoms with Gasteiger partial charge in [-0.05, 0) is 64.7 Å². The lowest BCUT2D eigenvalue weighted by atomic mass is 10.0. The molecule has 0 aliphatic carbocycles. The van der Waals surface area contributed by atoms with Crippen molar-refractivity contribution in [2.24, 2.45) is 0 Å². The molecule has 0 bridgehead atoms. The summed E-state index contributed by atoms with van der Waals surface area (Å²) >= 11 is 0. The molecule has 8 heterocycles. The van der Waals surface area contributed by atoms with Crippen molar-refractivity contribution >= 4 is 65.7 Å². The van der Waals surface area contributed by atoms with Gasteiger partial charge in [0.15, 0.2) is 5.82 Å². The molecule has 0 saturated carbocycles. The van der Waals surface area contributed by atoms with E-state index in [4.69, 9.17) is 34.9 Å². The molecule has 0 aliphatic rings. The van der Waals surface area contributed by atoms with Gasteiger partial charge in [0.25, 0.3) is 0 Å². The lowest BCUT2D eigenvalue weighted by molar-refractivity contribution is 0.875. The lowest BCUT2D eigenvalue weighted by Crippen LogP contribution is -2.11. The molecule has 10 rings (SSSR count). The molecule has 0 saturated heterocycles. The van der Waals surface area contributed by atoms with Crippen molar-refractivity contribution < 1.29 is 0 Å². The Balaban J connectivity index is 1.35. The molecule has 46 heavy (non-hydrogen) atoms. The second-order valence-electron chi connectivity index (χ2n) is 11.0. The van der Waals surface area contributed by atoms with Crippen molar-refractivity contribution in [1.82, 2.24) is 49.0 Å². The third-order valence-corrected chi connectivity index (χ3v) is 8.50. The summed E-state index contributed by atoms with van der Waals surface area (Å²) in [4.78, 5) is 39.0. The highest BCUT2D eigenvalue weighted by atomic mass is 15.3. The first-order valence-corrected chi connectivity index (χ1v) is 14.8. The van der Waals surface area contributed by atoms with Crippen LogP contribution >= 0.6 is 0 Å². The Labute approximate surface area is 259 Å². The molecular formula is C36H20N10. The van der Waals surface area contributed by atoms with E-state index in [1.54, 1.807) is 24.8 Å². The molecule has 0 unspecified atom stereocenters. The molecule has 0 aliphatic heterocycles. The van der Waals surface area contributed by atoms with Crippen molar-refractivity contribution in [3.8, 4) is 23.3 Å². The highest BCUT2D eigenvalue weighted by Gasteiger charge is 2.23. The lowest BCUT2D eigenvalue weighted by Gasteiger charge is -2.12. The van der Waals surface area contributed by atoms with E-state index < -0.39 is 0 Å². The summed E-state index contributed by atoms with van der Waals surface area (Å²) in [6, 6.07) is 28.3. The molecule has 10 aromatic rings. The summed E-state index contributed by atoms with van der Waals surface area (Å²) < 4.78 is 3.78. The van der Waals surface area contributed by atoms with Gasteiger partial charge in [0, 0.05) is 69.7 Å². The van der Waals surface area contributed by atoms with Crippen LogP contribution in [0, 0.1) is 0 Å². The number of rotatable bonds is 3. The first-order chi connectivity index (χ1) is 22.8. The summed E-state index contributed by atoms with van der Waals surface area (Å²) in [6.07, 6.45) is 10.8. The second kappa shape index (κ2) is 9.41. The molecule has 0 amide bonds. The summed E-state index contributed by atoms with van der Waals surface area (Å²) in [5.74, 6) is 1.20. The van der Waals surface area contributed by atoms with Crippen LogP contribution < -0.4 is 0 Å². The fraction of sp³-hybridized carbons (Fsp3) is 0. The van der Waals surface area contributed by atoms with Gasteiger partial charge < -0.3 is 0 Å². The van der Waals surface area contributed by atoms with E-state index in [1.807, 2.05) is 82.2 Å². The quantitative estimate of drug-likeness (QED) is 0.201. The highest BCUT2D eigenvalue weighted by molar-refractivity contribution is 6.11. The number of hydrogen-bond acceptors (Lipinski definition) is 8. The van der Waals surface area contributed by atoms with Gasteiger partial charge in [0.1, 0.15) is 22.6 Å². The zero-order chi connectivity index (χ0) is 30.2. The zero-order valence-corrected chi connectivity index (χ0v) is 24.0. The minimum absolute atomic E-state index is 0.372. The molecule has 10 nitrogen and oxygen atoms in total. The summed E-state index contributed by atoms with van der Waals surface area (Å²) in [7, 11) is 0. The Bertz CT molecular complexity index is 2600. The van der Waals surface area contributed by atoms with Crippen LogP contribution in [0.4, 0.5) is 0 Å². The molecule has 2 aromatic carbocycles. The van der Waals surface area contributed by atoms with Crippen LogP contribution in [0.5, 0.6) is 0 Å². The van der Waals surface area contributed by atoms with E-state index in [0.717, 1.165) is 48.7 Å². The van der Waals surface area contributed by atoms with Gasteiger partial charge in [-0.25, -0.2) is 29.1 Å². The van der Waals surface area contributed by atoms with Crippen molar-refractivity contribution in [3.63, 3.8) is 0 Å². The third kappa shape index (κ3) is 3.46. The Hall–Kier alpha value is -6.68. The number of nitrogens with zero attached hydrogens (tertiary/aromatic N) is 10. The van der Waals surface area contributed by atoms with Gasteiger partial charge >= 0.3 is 0 Å². The third-order valence-electron chi connectivity index (χ3n) is 8.50. The fourth-order valence-corrected chi connectivity index (χ4v) is 6.50. The fourth-order valence-electron chi connectivity index (χ4n) is 6.50. The zero-order valence-electron chi connectivity index (χ0n) is 24.0. The van der Waals surface area contributed by atoms with E-state index in [1.165, 1.54) is 0 Å². The van der Waals surface area contributed by atoms with Gasteiger partial charge in [-0.15, -0.1) is 0 Å². The molecule has 214 valence electrons. The second-order valence-corrected chi connectivity index (χ2v) is 11.0. The molecule has 0 fully saturated rings. The Kier molecular flexibility index (Phi) is 5.06. The van der Waals surface area contributed by atoms with E-state index >= 15 is 0 Å². The number of benzene rings is 2. The van der Waals surface area contributed by atoms with Gasteiger partial charge in [-0.1, -0.05) is 36.4 Å². The maximum atomic E-state index is 5.11. The number of aromatic nitrogens is 10. The number of pyridine rings is 5. The van der Waals surface area contributed by atoms with Crippen LogP contribution in [0.3, 0.4) is 0 Å². The molecule has 10 heteroatoms. The molecular weight excluding hydrogens is 572 g/mol. The van der Waals surface area contributed by atoms with Crippen molar-refractivity contribution in [3.05, 3.63) is 122 Å². The molecule has 0 N–H and O–H groups in total. The highest BCUT2D eigenvalue weighted by Crippen LogP contribution is 2.34. The first kappa shape index (κ1) is 24.7. The molecule has 0 spiro atoms. The predicted molar refractivity (Wildman–Crippen MR) is 178 cm³/mol. The van der Waals surface area contributed by atoms with E-state index in [2.05, 4.69) is 29.2 Å². The Morgan fingerprint density at radius 3 is 1.43 bits per heavy atom. The van der Waals surface area contributed by atoms with Crippen LogP contribution in [0.2, 0.25) is 0 Å². The van der Waals surface area contributed by atoms with Crippen LogP contribution in [-0.2, 0) is 0 Å². The van der Waals surface area contributed by atoms with Crippen molar-refractivity contribution in [1.29, 1.82) is 0 Å².